The number of hydrogen-bond acceptors (Lipinski definition) is 8. The number of carbonyl (C=O) groups excluding carboxylic acids is 3. The van der Waals surface area contributed by atoms with Crippen LogP contribution in [0, 0.1) is 6.92 Å². The number of ether oxygens (including phenoxy) is 1. The Morgan fingerprint density at radius 1 is 1.31 bits per heavy atom. The molecule has 0 saturated heterocycles. The van der Waals surface area contributed by atoms with Gasteiger partial charge in [0.15, 0.2) is 16.7 Å². The lowest BCUT2D eigenvalue weighted by Gasteiger charge is -2.24. The Hall–Kier alpha value is -3.24. The summed E-state index contributed by atoms with van der Waals surface area (Å²) < 4.78 is 11.0. The van der Waals surface area contributed by atoms with E-state index in [-0.39, 0.29) is 27.9 Å². The van der Waals surface area contributed by atoms with E-state index < -0.39 is 29.5 Å². The Morgan fingerprint density at radius 3 is 2.75 bits per heavy atom. The van der Waals surface area contributed by atoms with Gasteiger partial charge in [0.05, 0.1) is 30.2 Å². The fraction of sp³-hybridized carbons (Fsp3) is 0.182. The quantitative estimate of drug-likeness (QED) is 0.371. The van der Waals surface area contributed by atoms with E-state index >= 15 is 0 Å². The number of thiazole rings is 1. The third kappa shape index (κ3) is 3.76. The second-order valence-electron chi connectivity index (χ2n) is 6.83. The number of nitrogens with zero attached hydrogens (tertiary/aromatic N) is 2. The highest BCUT2D eigenvalue weighted by molar-refractivity contribution is 9.10. The van der Waals surface area contributed by atoms with Crippen LogP contribution in [0.1, 0.15) is 44.4 Å². The largest absolute Gasteiger partial charge is 0.503 e. The normalized spacial score (nSPS) is 16.0. The van der Waals surface area contributed by atoms with Gasteiger partial charge in [-0.2, -0.15) is 0 Å². The minimum atomic E-state index is -0.974. The highest BCUT2D eigenvalue weighted by atomic mass is 79.9. The Bertz CT molecular complexity index is 1250. The van der Waals surface area contributed by atoms with Gasteiger partial charge in [-0.25, -0.2) is 9.78 Å². The van der Waals surface area contributed by atoms with Gasteiger partial charge in [0.2, 0.25) is 5.78 Å². The number of Topliss-reactive ketones (excluding diaryl/α,β-unsaturated/α-hetero) is 1. The van der Waals surface area contributed by atoms with Crippen LogP contribution in [0.15, 0.2) is 62.9 Å². The number of hydrogen-bond donors (Lipinski definition) is 1. The van der Waals surface area contributed by atoms with E-state index in [4.69, 9.17) is 9.15 Å². The van der Waals surface area contributed by atoms with Crippen molar-refractivity contribution in [3.05, 3.63) is 80.4 Å². The Kier molecular flexibility index (Phi) is 5.98. The number of aliphatic hydroxyl groups excluding tert-OH is 1. The number of benzene rings is 1. The number of ketones is 1. The molecular weight excluding hydrogens is 500 g/mol. The minimum absolute atomic E-state index is 0.0104. The first-order valence-corrected chi connectivity index (χ1v) is 11.2. The highest BCUT2D eigenvalue weighted by Gasteiger charge is 2.46. The summed E-state index contributed by atoms with van der Waals surface area (Å²) in [6.07, 6.45) is 1.34. The van der Waals surface area contributed by atoms with Crippen molar-refractivity contribution in [3.63, 3.8) is 0 Å². The molecule has 0 bridgehead atoms. The van der Waals surface area contributed by atoms with Crippen LogP contribution in [-0.4, -0.2) is 34.4 Å². The number of aliphatic hydroxyl groups is 1. The number of halogens is 1. The van der Waals surface area contributed by atoms with E-state index in [2.05, 4.69) is 20.9 Å². The summed E-state index contributed by atoms with van der Waals surface area (Å²) in [7, 11) is 0. The number of esters is 1. The first-order valence-electron chi connectivity index (χ1n) is 9.58. The van der Waals surface area contributed by atoms with Gasteiger partial charge in [-0.3, -0.25) is 14.5 Å². The fourth-order valence-electron chi connectivity index (χ4n) is 3.44. The molecule has 3 heterocycles. The summed E-state index contributed by atoms with van der Waals surface area (Å²) in [5.74, 6) is -2.67. The molecule has 3 aromatic rings. The van der Waals surface area contributed by atoms with Crippen molar-refractivity contribution in [2.75, 3.05) is 11.5 Å². The zero-order valence-electron chi connectivity index (χ0n) is 17.0. The third-order valence-electron chi connectivity index (χ3n) is 4.81. The summed E-state index contributed by atoms with van der Waals surface area (Å²) in [5, 5.41) is 10.9. The SMILES string of the molecule is CCOC(=O)c1sc(N2C(=O)C(O)=C(C(=O)c3ccco3)C2c2cccc(Br)c2)nc1C. The Morgan fingerprint density at radius 2 is 2.09 bits per heavy atom. The predicted molar refractivity (Wildman–Crippen MR) is 120 cm³/mol. The molecule has 1 aliphatic heterocycles. The van der Waals surface area contributed by atoms with Crippen LogP contribution in [-0.2, 0) is 9.53 Å². The monoisotopic (exact) mass is 516 g/mol. The molecule has 8 nitrogen and oxygen atoms in total. The van der Waals surface area contributed by atoms with E-state index in [1.807, 2.05) is 0 Å². The molecule has 164 valence electrons. The van der Waals surface area contributed by atoms with Crippen LogP contribution in [0.25, 0.3) is 0 Å². The zero-order chi connectivity index (χ0) is 23.0. The summed E-state index contributed by atoms with van der Waals surface area (Å²) in [4.78, 5) is 44.4. The van der Waals surface area contributed by atoms with E-state index in [0.29, 0.717) is 11.3 Å². The second kappa shape index (κ2) is 8.71. The summed E-state index contributed by atoms with van der Waals surface area (Å²) in [5.41, 5.74) is 0.820. The van der Waals surface area contributed by atoms with Crippen LogP contribution >= 0.6 is 27.3 Å². The van der Waals surface area contributed by atoms with Crippen LogP contribution in [0.5, 0.6) is 0 Å². The zero-order valence-corrected chi connectivity index (χ0v) is 19.4. The molecule has 0 saturated carbocycles. The molecular formula is C22H17BrN2O6S. The number of carbonyl (C=O) groups is 3. The predicted octanol–water partition coefficient (Wildman–Crippen LogP) is 4.77. The van der Waals surface area contributed by atoms with E-state index in [9.17, 15) is 19.5 Å². The molecule has 0 spiro atoms. The molecule has 1 aromatic carbocycles. The molecule has 1 aliphatic rings. The van der Waals surface area contributed by atoms with E-state index in [0.717, 1.165) is 15.8 Å². The Balaban J connectivity index is 1.86. The lowest BCUT2D eigenvalue weighted by atomic mass is 9.95. The molecule has 0 fully saturated rings. The van der Waals surface area contributed by atoms with Gasteiger partial charge in [-0.1, -0.05) is 39.4 Å². The van der Waals surface area contributed by atoms with Crippen molar-refractivity contribution in [2.24, 2.45) is 0 Å². The first kappa shape index (κ1) is 22.0. The summed E-state index contributed by atoms with van der Waals surface area (Å²) >= 11 is 4.36. The van der Waals surface area contributed by atoms with Gasteiger partial charge in [0, 0.05) is 4.47 Å². The van der Waals surface area contributed by atoms with Crippen LogP contribution < -0.4 is 4.90 Å². The van der Waals surface area contributed by atoms with Crippen molar-refractivity contribution in [3.8, 4) is 0 Å². The van der Waals surface area contributed by atoms with Crippen LogP contribution in [0.3, 0.4) is 0 Å². The van der Waals surface area contributed by atoms with Crippen molar-refractivity contribution >= 4 is 50.1 Å². The molecule has 0 radical (unpaired) electrons. The standard InChI is InChI=1S/C22H17BrN2O6S/c1-3-30-21(29)19-11(2)24-22(32-19)25-16(12-6-4-7-13(23)10-12)15(18(27)20(25)28)17(26)14-8-5-9-31-14/h4-10,16,27H,3H2,1-2H3. The van der Waals surface area contributed by atoms with Gasteiger partial charge in [-0.15, -0.1) is 0 Å². The topological polar surface area (TPSA) is 110 Å². The molecule has 32 heavy (non-hydrogen) atoms. The second-order valence-corrected chi connectivity index (χ2v) is 8.73. The highest BCUT2D eigenvalue weighted by Crippen LogP contribution is 2.44. The van der Waals surface area contributed by atoms with Gasteiger partial charge >= 0.3 is 5.97 Å². The number of furan rings is 1. The van der Waals surface area contributed by atoms with Crippen molar-refractivity contribution in [2.45, 2.75) is 19.9 Å². The molecule has 1 amide bonds. The Labute approximate surface area is 195 Å². The van der Waals surface area contributed by atoms with Crippen molar-refractivity contribution in [1.29, 1.82) is 0 Å². The average Bonchev–Trinajstić information content (AvgIpc) is 3.47. The summed E-state index contributed by atoms with van der Waals surface area (Å²) in [6.45, 7) is 3.51. The van der Waals surface area contributed by atoms with Gasteiger partial charge in [-0.05, 0) is 43.7 Å². The molecule has 1 atom stereocenters. The van der Waals surface area contributed by atoms with Gasteiger partial charge < -0.3 is 14.3 Å². The minimum Gasteiger partial charge on any atom is -0.503 e. The maximum atomic E-state index is 13.2. The van der Waals surface area contributed by atoms with Crippen LogP contribution in [0.4, 0.5) is 5.13 Å². The van der Waals surface area contributed by atoms with Crippen molar-refractivity contribution < 1.29 is 28.6 Å². The molecule has 1 unspecified atom stereocenters. The van der Waals surface area contributed by atoms with Crippen molar-refractivity contribution in [1.82, 2.24) is 4.98 Å². The average molecular weight is 517 g/mol. The van der Waals surface area contributed by atoms with E-state index in [1.165, 1.54) is 17.2 Å². The molecule has 1 N–H and O–H groups in total. The number of amides is 1. The maximum absolute atomic E-state index is 13.2. The molecule has 2 aromatic heterocycles. The van der Waals surface area contributed by atoms with E-state index in [1.54, 1.807) is 44.2 Å². The fourth-order valence-corrected chi connectivity index (χ4v) is 4.84. The number of aromatic nitrogens is 1. The van der Waals surface area contributed by atoms with Gasteiger partial charge in [0.1, 0.15) is 4.88 Å². The number of anilines is 1. The summed E-state index contributed by atoms with van der Waals surface area (Å²) in [6, 6.07) is 9.06. The first-order chi connectivity index (χ1) is 15.3. The maximum Gasteiger partial charge on any atom is 0.350 e. The number of rotatable bonds is 6. The lowest BCUT2D eigenvalue weighted by molar-refractivity contribution is -0.117. The third-order valence-corrected chi connectivity index (χ3v) is 6.44. The molecule has 0 aliphatic carbocycles. The lowest BCUT2D eigenvalue weighted by Crippen LogP contribution is -2.31. The number of aryl methyl sites for hydroxylation is 1. The van der Waals surface area contributed by atoms with Gasteiger partial charge in [0.25, 0.3) is 5.91 Å². The van der Waals surface area contributed by atoms with Crippen LogP contribution in [0.2, 0.25) is 0 Å². The smallest absolute Gasteiger partial charge is 0.350 e. The molecule has 10 heteroatoms. The molecule has 4 rings (SSSR count).